The minimum atomic E-state index is -6.33. The highest BCUT2D eigenvalue weighted by molar-refractivity contribution is 9.10. The number of aromatic nitrogens is 1. The van der Waals surface area contributed by atoms with Crippen LogP contribution in [0.5, 0.6) is 0 Å². The van der Waals surface area contributed by atoms with Gasteiger partial charge < -0.3 is 0 Å². The molecule has 1 nitrogen and oxygen atoms in total. The minimum absolute atomic E-state index is 0.274. The van der Waals surface area contributed by atoms with Crippen LogP contribution in [0.25, 0.3) is 0 Å². The van der Waals surface area contributed by atoms with Crippen LogP contribution < -0.4 is 0 Å². The van der Waals surface area contributed by atoms with E-state index >= 15 is 0 Å². The first-order valence-corrected chi connectivity index (χ1v) is 7.41. The average molecular weight is 470 g/mol. The third-order valence-electron chi connectivity index (χ3n) is 2.72. The summed E-state index contributed by atoms with van der Waals surface area (Å²) in [6.07, 6.45) is -13.6. The molecule has 1 aromatic rings. The van der Waals surface area contributed by atoms with Gasteiger partial charge >= 0.3 is 18.0 Å². The highest BCUT2D eigenvalue weighted by Gasteiger charge is 2.75. The Labute approximate surface area is 149 Å². The maximum absolute atomic E-state index is 14.3. The van der Waals surface area contributed by atoms with Crippen LogP contribution in [0, 0.1) is 13.0 Å². The fraction of sp³-hybridized carbons (Fsp3) is 0.545. The molecule has 1 aromatic heterocycles. The molecule has 0 aromatic carbocycles. The molecule has 0 atom stereocenters. The van der Waals surface area contributed by atoms with Crippen molar-refractivity contribution in [3.8, 4) is 0 Å². The number of alkyl halides is 10. The van der Waals surface area contributed by atoms with Gasteiger partial charge in [-0.25, -0.2) is 9.37 Å². The highest BCUT2D eigenvalue weighted by atomic mass is 79.9. The van der Waals surface area contributed by atoms with Gasteiger partial charge in [0.25, 0.3) is 0 Å². The van der Waals surface area contributed by atoms with Gasteiger partial charge in [-0.1, -0.05) is 34.8 Å². The zero-order chi connectivity index (χ0) is 18.4. The van der Waals surface area contributed by atoms with Crippen LogP contribution in [0.15, 0.2) is 4.60 Å². The lowest BCUT2D eigenvalue weighted by Gasteiger charge is -2.32. The number of halogens is 11. The number of aryl methyl sites for hydroxylation is 1. The molecule has 0 amide bonds. The third-order valence-corrected chi connectivity index (χ3v) is 3.50. The first kappa shape index (κ1) is 21.1. The monoisotopic (exact) mass is 468 g/mol. The van der Waals surface area contributed by atoms with E-state index in [9.17, 15) is 30.7 Å². The molecular weight excluding hydrogens is 465 g/mol. The van der Waals surface area contributed by atoms with Gasteiger partial charge in [-0.05, 0) is 34.0 Å². The maximum Gasteiger partial charge on any atom is 0.437 e. The molecular formula is C11H5BrCl3F7N. The van der Waals surface area contributed by atoms with E-state index in [0.29, 0.717) is 0 Å². The van der Waals surface area contributed by atoms with E-state index in [0.717, 1.165) is 6.92 Å². The Hall–Kier alpha value is 0.01000. The summed E-state index contributed by atoms with van der Waals surface area (Å²) in [4.78, 5) is 2.99. The predicted octanol–water partition coefficient (Wildman–Crippen LogP) is 6.15. The molecule has 0 aliphatic rings. The largest absolute Gasteiger partial charge is 0.437 e. The van der Waals surface area contributed by atoms with Crippen molar-refractivity contribution in [2.24, 2.45) is 0 Å². The second-order valence-electron chi connectivity index (χ2n) is 4.43. The van der Waals surface area contributed by atoms with Crippen LogP contribution in [-0.2, 0) is 12.1 Å². The molecule has 0 spiro atoms. The van der Waals surface area contributed by atoms with Gasteiger partial charge in [0.1, 0.15) is 10.3 Å². The quantitative estimate of drug-likeness (QED) is 0.287. The Morgan fingerprint density at radius 3 is 1.78 bits per heavy atom. The molecule has 1 rings (SSSR count). The summed E-state index contributed by atoms with van der Waals surface area (Å²) in [5.74, 6) is 0. The molecule has 0 bridgehead atoms. The SMILES string of the molecule is Cc1[c]c(Br)nc(C(F)(C(F)(F)F)C(F)(F)F)c1CC(Cl)(Cl)Cl. The Balaban J connectivity index is 3.80. The molecule has 1 heterocycles. The molecule has 0 fully saturated rings. The van der Waals surface area contributed by atoms with Gasteiger partial charge in [0.2, 0.25) is 0 Å². The topological polar surface area (TPSA) is 12.9 Å². The van der Waals surface area contributed by atoms with Crippen molar-refractivity contribution in [2.45, 2.75) is 35.2 Å². The number of nitrogens with zero attached hydrogens (tertiary/aromatic N) is 1. The van der Waals surface area contributed by atoms with Crippen LogP contribution >= 0.6 is 50.7 Å². The van der Waals surface area contributed by atoms with Crippen molar-refractivity contribution >= 4 is 50.7 Å². The summed E-state index contributed by atoms with van der Waals surface area (Å²) in [6.45, 7) is 1.09. The lowest BCUT2D eigenvalue weighted by atomic mass is 9.91. The number of pyridine rings is 1. The first-order valence-electron chi connectivity index (χ1n) is 5.48. The lowest BCUT2D eigenvalue weighted by Crippen LogP contribution is -2.51. The molecule has 0 unspecified atom stereocenters. The second kappa shape index (κ2) is 6.38. The van der Waals surface area contributed by atoms with E-state index in [2.05, 4.69) is 27.0 Å². The Bertz CT molecular complexity index is 581. The van der Waals surface area contributed by atoms with E-state index in [4.69, 9.17) is 34.8 Å². The van der Waals surface area contributed by atoms with Crippen molar-refractivity contribution in [1.82, 2.24) is 4.98 Å². The molecule has 0 saturated carbocycles. The number of hydrogen-bond donors (Lipinski definition) is 0. The van der Waals surface area contributed by atoms with Crippen molar-refractivity contribution < 1.29 is 30.7 Å². The zero-order valence-electron chi connectivity index (χ0n) is 10.8. The summed E-state index contributed by atoms with van der Waals surface area (Å²) in [5.41, 5.74) is -8.78. The molecule has 0 aliphatic carbocycles. The second-order valence-corrected chi connectivity index (χ2v) is 7.69. The van der Waals surface area contributed by atoms with Gasteiger partial charge in [0, 0.05) is 12.5 Å². The third kappa shape index (κ3) is 4.35. The van der Waals surface area contributed by atoms with Crippen LogP contribution in [0.1, 0.15) is 16.8 Å². The zero-order valence-corrected chi connectivity index (χ0v) is 14.7. The number of rotatable bonds is 2. The van der Waals surface area contributed by atoms with Gasteiger partial charge in [0.05, 0.1) is 0 Å². The standard InChI is InChI=1S/C11H5BrCl3F7N/c1-4-2-6(12)23-7(5(4)3-8(13,14)15)9(16,10(17,18)19)11(20,21)22/h3H2,1H3. The van der Waals surface area contributed by atoms with Gasteiger partial charge in [-0.3, -0.25) is 0 Å². The van der Waals surface area contributed by atoms with E-state index in [1.807, 2.05) is 0 Å². The van der Waals surface area contributed by atoms with Crippen LogP contribution in [0.4, 0.5) is 30.7 Å². The van der Waals surface area contributed by atoms with E-state index in [1.54, 1.807) is 0 Å². The van der Waals surface area contributed by atoms with Crippen LogP contribution in [-0.4, -0.2) is 21.1 Å². The summed E-state index contributed by atoms with van der Waals surface area (Å²) in [7, 11) is 0. The molecule has 0 N–H and O–H groups in total. The molecule has 23 heavy (non-hydrogen) atoms. The van der Waals surface area contributed by atoms with E-state index in [-0.39, 0.29) is 5.56 Å². The summed E-state index contributed by atoms with van der Waals surface area (Å²) >= 11 is 18.9. The normalized spacial score (nSPS) is 14.3. The summed E-state index contributed by atoms with van der Waals surface area (Å²) in [6, 6.07) is 2.31. The molecule has 0 saturated heterocycles. The fourth-order valence-corrected chi connectivity index (χ4v) is 2.61. The average Bonchev–Trinajstić information content (AvgIpc) is 2.26. The lowest BCUT2D eigenvalue weighted by molar-refractivity contribution is -0.350. The van der Waals surface area contributed by atoms with Gasteiger partial charge in [-0.2, -0.15) is 26.3 Å². The molecule has 12 heteroatoms. The molecule has 131 valence electrons. The van der Waals surface area contributed by atoms with Crippen LogP contribution in [0.3, 0.4) is 0 Å². The Kier molecular flexibility index (Phi) is 5.84. The predicted molar refractivity (Wildman–Crippen MR) is 74.4 cm³/mol. The minimum Gasteiger partial charge on any atom is -0.241 e. The summed E-state index contributed by atoms with van der Waals surface area (Å²) < 4.78 is 88.9. The van der Waals surface area contributed by atoms with Gasteiger partial charge in [-0.15, -0.1) is 0 Å². The van der Waals surface area contributed by atoms with E-state index in [1.165, 1.54) is 0 Å². The molecule has 0 aliphatic heterocycles. The van der Waals surface area contributed by atoms with Crippen molar-refractivity contribution in [3.63, 3.8) is 0 Å². The molecule has 1 radical (unpaired) electrons. The van der Waals surface area contributed by atoms with Crippen LogP contribution in [0.2, 0.25) is 0 Å². The van der Waals surface area contributed by atoms with Crippen molar-refractivity contribution in [2.75, 3.05) is 0 Å². The highest BCUT2D eigenvalue weighted by Crippen LogP contribution is 2.54. The number of hydrogen-bond acceptors (Lipinski definition) is 1. The maximum atomic E-state index is 14.3. The van der Waals surface area contributed by atoms with Gasteiger partial charge in [0.15, 0.2) is 3.79 Å². The van der Waals surface area contributed by atoms with E-state index < -0.39 is 44.1 Å². The van der Waals surface area contributed by atoms with Crippen molar-refractivity contribution in [1.29, 1.82) is 0 Å². The Morgan fingerprint density at radius 2 is 1.43 bits per heavy atom. The fourth-order valence-electron chi connectivity index (χ4n) is 1.73. The first-order chi connectivity index (χ1) is 10.0. The summed E-state index contributed by atoms with van der Waals surface area (Å²) in [5, 5.41) is 0. The Morgan fingerprint density at radius 1 is 1.00 bits per heavy atom. The smallest absolute Gasteiger partial charge is 0.241 e. The van der Waals surface area contributed by atoms with Crippen molar-refractivity contribution in [3.05, 3.63) is 27.5 Å².